The van der Waals surface area contributed by atoms with Gasteiger partial charge in [0, 0.05) is 50.4 Å². The molecule has 10 heteroatoms. The third-order valence-corrected chi connectivity index (χ3v) is 8.05. The zero-order valence-electron chi connectivity index (χ0n) is 26.9. The number of ether oxygens (including phenoxy) is 3. The molecule has 0 fully saturated rings. The average Bonchev–Trinajstić information content (AvgIpc) is 3.00. The van der Waals surface area contributed by atoms with Crippen molar-refractivity contribution < 1.29 is 28.2 Å². The smallest absolute Gasteiger partial charge is 0.415 e. The highest BCUT2D eigenvalue weighted by molar-refractivity contribution is 6.08. The van der Waals surface area contributed by atoms with Crippen LogP contribution in [0.1, 0.15) is 38.8 Å². The molecular formula is C34H43FN4O5. The van der Waals surface area contributed by atoms with Crippen LogP contribution in [-0.4, -0.2) is 74.7 Å². The number of nitrogens with one attached hydrogen (secondary N) is 1. The van der Waals surface area contributed by atoms with Crippen molar-refractivity contribution in [1.29, 1.82) is 0 Å². The number of hydrogen-bond acceptors (Lipinski definition) is 7. The second kappa shape index (κ2) is 13.5. The Balaban J connectivity index is 1.70. The van der Waals surface area contributed by atoms with E-state index >= 15 is 0 Å². The van der Waals surface area contributed by atoms with Crippen LogP contribution in [0.5, 0.6) is 17.2 Å². The van der Waals surface area contributed by atoms with Crippen LogP contribution in [0.3, 0.4) is 0 Å². The molecule has 1 heterocycles. The van der Waals surface area contributed by atoms with Gasteiger partial charge in [-0.1, -0.05) is 26.0 Å². The fraction of sp³-hybridized carbons (Fsp3) is 0.412. The van der Waals surface area contributed by atoms with E-state index in [0.29, 0.717) is 40.6 Å². The molecule has 0 spiro atoms. The highest BCUT2D eigenvalue weighted by Gasteiger charge is 2.38. The number of carbonyl (C=O) groups is 2. The third-order valence-electron chi connectivity index (χ3n) is 8.05. The summed E-state index contributed by atoms with van der Waals surface area (Å²) >= 11 is 0. The number of rotatable bonds is 11. The van der Waals surface area contributed by atoms with Crippen molar-refractivity contribution >= 4 is 23.4 Å². The van der Waals surface area contributed by atoms with Crippen molar-refractivity contribution in [1.82, 2.24) is 9.80 Å². The van der Waals surface area contributed by atoms with Gasteiger partial charge < -0.3 is 34.2 Å². The maximum Gasteiger partial charge on any atom is 0.415 e. The van der Waals surface area contributed by atoms with E-state index in [9.17, 15) is 14.0 Å². The van der Waals surface area contributed by atoms with Gasteiger partial charge in [0.2, 0.25) is 0 Å². The fourth-order valence-corrected chi connectivity index (χ4v) is 5.37. The second-order valence-electron chi connectivity index (χ2n) is 11.5. The summed E-state index contributed by atoms with van der Waals surface area (Å²) in [6.07, 6.45) is -0.464. The molecule has 0 saturated heterocycles. The number of carbonyl (C=O) groups excluding carboxylic acids is 2. The van der Waals surface area contributed by atoms with Gasteiger partial charge in [-0.15, -0.1) is 0 Å². The molecule has 3 aromatic carbocycles. The minimum atomic E-state index is -0.803. The van der Waals surface area contributed by atoms with Crippen LogP contribution in [0.4, 0.5) is 20.6 Å². The van der Waals surface area contributed by atoms with Crippen molar-refractivity contribution in [3.63, 3.8) is 0 Å². The van der Waals surface area contributed by atoms with Crippen LogP contribution >= 0.6 is 0 Å². The number of aryl methyl sites for hydroxylation is 1. The van der Waals surface area contributed by atoms with E-state index in [0.717, 1.165) is 36.4 Å². The fourth-order valence-electron chi connectivity index (χ4n) is 5.37. The van der Waals surface area contributed by atoms with E-state index in [1.165, 1.54) is 12.1 Å². The highest BCUT2D eigenvalue weighted by atomic mass is 19.1. The molecule has 0 bridgehead atoms. The number of nitrogens with zero attached hydrogens (tertiary/aromatic N) is 3. The Kier molecular flexibility index (Phi) is 10.0. The number of fused-ring (bicyclic) bond motifs is 1. The Morgan fingerprint density at radius 2 is 1.70 bits per heavy atom. The number of likely N-dealkylation sites (N-methyl/N-ethyl adjacent to an activating group) is 3. The molecule has 2 amide bonds. The van der Waals surface area contributed by atoms with Crippen LogP contribution in [-0.2, 0) is 11.4 Å². The van der Waals surface area contributed by atoms with Crippen molar-refractivity contribution in [3.8, 4) is 28.4 Å². The van der Waals surface area contributed by atoms with Gasteiger partial charge >= 0.3 is 6.09 Å². The summed E-state index contributed by atoms with van der Waals surface area (Å²) in [7, 11) is 5.00. The molecular weight excluding hydrogens is 563 g/mol. The molecule has 1 N–H and O–H groups in total. The molecule has 3 aromatic rings. The third kappa shape index (κ3) is 6.91. The summed E-state index contributed by atoms with van der Waals surface area (Å²) in [5, 5.41) is 3.35. The van der Waals surface area contributed by atoms with Crippen molar-refractivity contribution in [3.05, 3.63) is 65.5 Å². The maximum atomic E-state index is 14.1. The highest BCUT2D eigenvalue weighted by Crippen LogP contribution is 2.45. The lowest BCUT2D eigenvalue weighted by Crippen LogP contribution is -2.52. The summed E-state index contributed by atoms with van der Waals surface area (Å²) in [5.41, 5.74) is 3.59. The molecule has 0 atom stereocenters. The first kappa shape index (κ1) is 32.6. The lowest BCUT2D eigenvalue weighted by Gasteiger charge is -2.39. The predicted octanol–water partition coefficient (Wildman–Crippen LogP) is 6.33. The van der Waals surface area contributed by atoms with Crippen molar-refractivity contribution in [2.45, 2.75) is 46.8 Å². The summed E-state index contributed by atoms with van der Waals surface area (Å²) < 4.78 is 31.7. The molecule has 0 unspecified atom stereocenters. The van der Waals surface area contributed by atoms with E-state index < -0.39 is 17.4 Å². The van der Waals surface area contributed by atoms with Gasteiger partial charge in [-0.2, -0.15) is 0 Å². The Morgan fingerprint density at radius 1 is 1.00 bits per heavy atom. The topological polar surface area (TPSA) is 83.6 Å². The molecule has 236 valence electrons. The normalized spacial score (nSPS) is 13.8. The SMILES string of the molecule is CCN(CC)CCN(C)C(=O)Oc1ccc(-c2ccc3c(c2COc2cc(F)ccc2C)N(C)C(=O)C(C)(C)N3)c(OC)c1. The van der Waals surface area contributed by atoms with E-state index in [2.05, 4.69) is 24.1 Å². The summed E-state index contributed by atoms with van der Waals surface area (Å²) in [4.78, 5) is 31.5. The van der Waals surface area contributed by atoms with E-state index in [1.807, 2.05) is 39.0 Å². The number of benzene rings is 3. The molecule has 0 aliphatic carbocycles. The van der Waals surface area contributed by atoms with Gasteiger partial charge in [0.15, 0.2) is 0 Å². The molecule has 0 aromatic heterocycles. The number of hydrogen-bond donors (Lipinski definition) is 1. The van der Waals surface area contributed by atoms with Crippen molar-refractivity contribution in [2.75, 3.05) is 57.6 Å². The first-order valence-electron chi connectivity index (χ1n) is 14.8. The first-order valence-corrected chi connectivity index (χ1v) is 14.8. The Hall–Kier alpha value is -4.31. The van der Waals surface area contributed by atoms with Gasteiger partial charge in [-0.25, -0.2) is 9.18 Å². The Morgan fingerprint density at radius 3 is 2.39 bits per heavy atom. The lowest BCUT2D eigenvalue weighted by atomic mass is 9.91. The monoisotopic (exact) mass is 606 g/mol. The number of halogens is 1. The van der Waals surface area contributed by atoms with E-state index in [-0.39, 0.29) is 12.5 Å². The van der Waals surface area contributed by atoms with Crippen LogP contribution in [0.25, 0.3) is 11.1 Å². The minimum absolute atomic E-state index is 0.0553. The summed E-state index contributed by atoms with van der Waals surface area (Å²) in [6.45, 7) is 12.9. The van der Waals surface area contributed by atoms with Crippen LogP contribution < -0.4 is 24.4 Å². The molecule has 1 aliphatic rings. The molecule has 9 nitrogen and oxygen atoms in total. The van der Waals surface area contributed by atoms with E-state index in [1.54, 1.807) is 49.2 Å². The minimum Gasteiger partial charge on any atom is -0.496 e. The molecule has 44 heavy (non-hydrogen) atoms. The zero-order valence-corrected chi connectivity index (χ0v) is 26.9. The largest absolute Gasteiger partial charge is 0.496 e. The van der Waals surface area contributed by atoms with Crippen LogP contribution in [0.15, 0.2) is 48.5 Å². The average molecular weight is 607 g/mol. The molecule has 0 radical (unpaired) electrons. The van der Waals surface area contributed by atoms with Gasteiger partial charge in [-0.3, -0.25) is 4.79 Å². The zero-order chi connectivity index (χ0) is 32.2. The Labute approximate surface area is 259 Å². The first-order chi connectivity index (χ1) is 20.9. The van der Waals surface area contributed by atoms with E-state index in [4.69, 9.17) is 14.2 Å². The van der Waals surface area contributed by atoms with Gasteiger partial charge in [0.05, 0.1) is 18.5 Å². The van der Waals surface area contributed by atoms with Gasteiger partial charge in [0.1, 0.15) is 35.2 Å². The van der Waals surface area contributed by atoms with Gasteiger partial charge in [0.25, 0.3) is 5.91 Å². The Bertz CT molecular complexity index is 1520. The lowest BCUT2D eigenvalue weighted by molar-refractivity contribution is -0.121. The summed E-state index contributed by atoms with van der Waals surface area (Å²) in [6, 6.07) is 13.5. The molecule has 1 aliphatic heterocycles. The van der Waals surface area contributed by atoms with Crippen LogP contribution in [0.2, 0.25) is 0 Å². The number of methoxy groups -OCH3 is 1. The molecule has 4 rings (SSSR count). The van der Waals surface area contributed by atoms with Crippen molar-refractivity contribution in [2.24, 2.45) is 0 Å². The number of anilines is 2. The predicted molar refractivity (Wildman–Crippen MR) is 171 cm³/mol. The molecule has 0 saturated carbocycles. The van der Waals surface area contributed by atoms with Crippen LogP contribution in [0, 0.1) is 12.7 Å². The standard InChI is InChI=1S/C34H43FN4O5/c1-9-39(10-2)18-17-37(6)33(41)44-24-13-14-26(30(20-24)42-8)25-15-16-28-31(38(7)32(40)34(4,5)36-28)27(25)21-43-29-19-23(35)12-11-22(29)3/h11-16,19-20,36H,9-10,17-18,21H2,1-8H3. The number of amides is 2. The quantitative estimate of drug-likeness (QED) is 0.273. The summed E-state index contributed by atoms with van der Waals surface area (Å²) in [5.74, 6) is 0.715. The maximum absolute atomic E-state index is 14.1. The van der Waals surface area contributed by atoms with Gasteiger partial charge in [-0.05, 0) is 69.3 Å². The second-order valence-corrected chi connectivity index (χ2v) is 11.5.